The third-order valence-corrected chi connectivity index (χ3v) is 3.40. The fraction of sp³-hybridized carbons (Fsp3) is 0.0625. The number of benzene rings is 2. The van der Waals surface area contributed by atoms with E-state index in [0.717, 1.165) is 28.5 Å². The first-order chi connectivity index (χ1) is 9.33. The van der Waals surface area contributed by atoms with E-state index in [1.54, 1.807) is 0 Å². The Labute approximate surface area is 117 Å². The molecule has 0 saturated carbocycles. The Hall–Kier alpha value is -2.00. The minimum atomic E-state index is 0.766. The Morgan fingerprint density at radius 1 is 0.895 bits per heavy atom. The van der Waals surface area contributed by atoms with Crippen LogP contribution >= 0.6 is 12.6 Å². The fourth-order valence-corrected chi connectivity index (χ4v) is 2.29. The summed E-state index contributed by atoms with van der Waals surface area (Å²) in [5.74, 6) is 0.872. The van der Waals surface area contributed by atoms with Crippen LogP contribution in [0.5, 0.6) is 0 Å². The molecular weight excluding hydrogens is 252 g/mol. The molecule has 2 aromatic carbocycles. The summed E-state index contributed by atoms with van der Waals surface area (Å²) in [5, 5.41) is 0.766. The van der Waals surface area contributed by atoms with E-state index < -0.39 is 0 Å². The van der Waals surface area contributed by atoms with Gasteiger partial charge in [-0.05, 0) is 5.56 Å². The molecule has 0 amide bonds. The molecule has 1 aromatic heterocycles. The van der Waals surface area contributed by atoms with Crippen LogP contribution < -0.4 is 0 Å². The van der Waals surface area contributed by atoms with Crippen LogP contribution in [0, 0.1) is 0 Å². The van der Waals surface area contributed by atoms with Gasteiger partial charge in [0.2, 0.25) is 0 Å². The van der Waals surface area contributed by atoms with Gasteiger partial charge in [0.1, 0.15) is 10.9 Å². The van der Waals surface area contributed by atoms with E-state index in [9.17, 15) is 0 Å². The van der Waals surface area contributed by atoms with E-state index in [1.165, 1.54) is 5.56 Å². The Bertz CT molecular complexity index is 660. The quantitative estimate of drug-likeness (QED) is 0.690. The number of rotatable bonds is 3. The lowest BCUT2D eigenvalue weighted by atomic mass is 10.1. The van der Waals surface area contributed by atoms with E-state index in [1.807, 2.05) is 48.5 Å². The summed E-state index contributed by atoms with van der Waals surface area (Å²) in [5.41, 5.74) is 3.38. The molecule has 0 saturated heterocycles. The van der Waals surface area contributed by atoms with Crippen molar-refractivity contribution in [2.24, 2.45) is 0 Å². The third-order valence-electron chi connectivity index (χ3n) is 3.03. The monoisotopic (exact) mass is 266 g/mol. The molecule has 0 spiro atoms. The van der Waals surface area contributed by atoms with Crippen LogP contribution in [0.2, 0.25) is 0 Å². The molecule has 0 bridgehead atoms. The lowest BCUT2D eigenvalue weighted by molar-refractivity contribution is 1.05. The first kappa shape index (κ1) is 12.1. The minimum absolute atomic E-state index is 0.766. The fourth-order valence-electron chi connectivity index (χ4n) is 2.06. The summed E-state index contributed by atoms with van der Waals surface area (Å²) < 4.78 is 0. The van der Waals surface area contributed by atoms with Gasteiger partial charge in [-0.3, -0.25) is 0 Å². The smallest absolute Gasteiger partial charge is 0.138 e. The van der Waals surface area contributed by atoms with Crippen molar-refractivity contribution in [2.45, 2.75) is 11.4 Å². The highest BCUT2D eigenvalue weighted by molar-refractivity contribution is 7.80. The van der Waals surface area contributed by atoms with Crippen molar-refractivity contribution in [3.8, 4) is 11.4 Å². The van der Waals surface area contributed by atoms with Gasteiger partial charge >= 0.3 is 0 Å². The maximum absolute atomic E-state index is 4.49. The predicted octanol–water partition coefficient (Wildman–Crippen LogP) is 3.96. The highest BCUT2D eigenvalue weighted by Gasteiger charge is 2.09. The molecular formula is C16H14N2S. The molecule has 0 aliphatic heterocycles. The van der Waals surface area contributed by atoms with Gasteiger partial charge in [0, 0.05) is 12.0 Å². The highest BCUT2D eigenvalue weighted by atomic mass is 32.1. The zero-order valence-electron chi connectivity index (χ0n) is 10.4. The average molecular weight is 266 g/mol. The van der Waals surface area contributed by atoms with Crippen LogP contribution in [-0.4, -0.2) is 9.97 Å². The second kappa shape index (κ2) is 5.33. The van der Waals surface area contributed by atoms with Gasteiger partial charge in [0.15, 0.2) is 0 Å². The first-order valence-electron chi connectivity index (χ1n) is 6.20. The second-order valence-corrected chi connectivity index (χ2v) is 4.84. The zero-order valence-corrected chi connectivity index (χ0v) is 11.3. The van der Waals surface area contributed by atoms with Gasteiger partial charge in [-0.15, -0.1) is 12.6 Å². The molecule has 94 valence electrons. The Morgan fingerprint density at radius 3 is 2.21 bits per heavy atom. The van der Waals surface area contributed by atoms with Gasteiger partial charge < -0.3 is 4.98 Å². The van der Waals surface area contributed by atoms with E-state index in [0.29, 0.717) is 0 Å². The number of imidazole rings is 1. The van der Waals surface area contributed by atoms with Crippen LogP contribution in [0.3, 0.4) is 0 Å². The molecule has 3 rings (SSSR count). The summed E-state index contributed by atoms with van der Waals surface area (Å²) in [4.78, 5) is 7.84. The van der Waals surface area contributed by atoms with Gasteiger partial charge in [-0.2, -0.15) is 0 Å². The number of thiol groups is 1. The summed E-state index contributed by atoms with van der Waals surface area (Å²) in [7, 11) is 0. The van der Waals surface area contributed by atoms with E-state index in [2.05, 4.69) is 34.7 Å². The molecule has 19 heavy (non-hydrogen) atoms. The van der Waals surface area contributed by atoms with Crippen LogP contribution in [0.25, 0.3) is 11.4 Å². The molecule has 0 aliphatic rings. The molecule has 0 radical (unpaired) electrons. The van der Waals surface area contributed by atoms with E-state index >= 15 is 0 Å². The van der Waals surface area contributed by atoms with Crippen molar-refractivity contribution >= 4 is 12.6 Å². The minimum Gasteiger partial charge on any atom is -0.341 e. The van der Waals surface area contributed by atoms with Crippen molar-refractivity contribution in [1.29, 1.82) is 0 Å². The summed E-state index contributed by atoms with van der Waals surface area (Å²) in [6, 6.07) is 20.4. The lowest BCUT2D eigenvalue weighted by Crippen LogP contribution is -1.89. The molecule has 3 aromatic rings. The standard InChI is InChI=1S/C16H14N2S/c19-16-14(11-12-7-3-1-4-8-12)17-15(18-16)13-9-5-2-6-10-13/h1-10,19H,11H2,(H,17,18). The molecule has 0 fully saturated rings. The number of hydrogen-bond donors (Lipinski definition) is 2. The van der Waals surface area contributed by atoms with Crippen molar-refractivity contribution in [3.05, 3.63) is 71.9 Å². The summed E-state index contributed by atoms with van der Waals surface area (Å²) >= 11 is 4.46. The molecule has 3 heteroatoms. The number of hydrogen-bond acceptors (Lipinski definition) is 2. The topological polar surface area (TPSA) is 28.7 Å². The van der Waals surface area contributed by atoms with Crippen molar-refractivity contribution in [3.63, 3.8) is 0 Å². The number of nitrogens with one attached hydrogen (secondary N) is 1. The number of H-pyrrole nitrogens is 1. The highest BCUT2D eigenvalue weighted by Crippen LogP contribution is 2.21. The number of aromatic amines is 1. The molecule has 2 nitrogen and oxygen atoms in total. The Morgan fingerprint density at radius 2 is 1.53 bits per heavy atom. The molecule has 0 aliphatic carbocycles. The molecule has 0 atom stereocenters. The average Bonchev–Trinajstić information content (AvgIpc) is 2.82. The summed E-state index contributed by atoms with van der Waals surface area (Å²) in [6.45, 7) is 0. The molecule has 1 N–H and O–H groups in total. The van der Waals surface area contributed by atoms with Gasteiger partial charge in [0.25, 0.3) is 0 Å². The SMILES string of the molecule is Sc1nc(-c2ccccc2)[nH]c1Cc1ccccc1. The van der Waals surface area contributed by atoms with Crippen LogP contribution in [0.1, 0.15) is 11.3 Å². The maximum atomic E-state index is 4.49. The number of nitrogens with zero attached hydrogens (tertiary/aromatic N) is 1. The molecule has 0 unspecified atom stereocenters. The van der Waals surface area contributed by atoms with Crippen molar-refractivity contribution in [2.75, 3.05) is 0 Å². The van der Waals surface area contributed by atoms with E-state index in [-0.39, 0.29) is 0 Å². The molecule has 1 heterocycles. The van der Waals surface area contributed by atoms with Crippen LogP contribution in [-0.2, 0) is 6.42 Å². The second-order valence-electron chi connectivity index (χ2n) is 4.42. The summed E-state index contributed by atoms with van der Waals surface area (Å²) in [6.07, 6.45) is 0.819. The van der Waals surface area contributed by atoms with Gasteiger partial charge in [0.05, 0.1) is 5.69 Å². The lowest BCUT2D eigenvalue weighted by Gasteiger charge is -1.99. The Kier molecular flexibility index (Phi) is 3.38. The maximum Gasteiger partial charge on any atom is 0.138 e. The van der Waals surface area contributed by atoms with Crippen molar-refractivity contribution in [1.82, 2.24) is 9.97 Å². The van der Waals surface area contributed by atoms with Gasteiger partial charge in [-0.25, -0.2) is 4.98 Å². The first-order valence-corrected chi connectivity index (χ1v) is 6.65. The van der Waals surface area contributed by atoms with E-state index in [4.69, 9.17) is 0 Å². The number of aromatic nitrogens is 2. The third kappa shape index (κ3) is 2.71. The Balaban J connectivity index is 1.90. The van der Waals surface area contributed by atoms with Crippen LogP contribution in [0.4, 0.5) is 0 Å². The van der Waals surface area contributed by atoms with Crippen molar-refractivity contribution < 1.29 is 0 Å². The zero-order chi connectivity index (χ0) is 13.1. The van der Waals surface area contributed by atoms with Crippen LogP contribution in [0.15, 0.2) is 65.7 Å². The normalized spacial score (nSPS) is 10.6. The predicted molar refractivity (Wildman–Crippen MR) is 80.5 cm³/mol. The largest absolute Gasteiger partial charge is 0.341 e. The van der Waals surface area contributed by atoms with Gasteiger partial charge in [-0.1, -0.05) is 60.7 Å².